The third-order valence-corrected chi connectivity index (χ3v) is 2.58. The van der Waals surface area contributed by atoms with Gasteiger partial charge in [-0.05, 0) is 24.3 Å². The zero-order valence-electron chi connectivity index (χ0n) is 9.79. The largest absolute Gasteiger partial charge is 0.456 e. The second kappa shape index (κ2) is 4.80. The molecule has 0 fully saturated rings. The lowest BCUT2D eigenvalue weighted by Gasteiger charge is -2.10. The van der Waals surface area contributed by atoms with Crippen molar-refractivity contribution in [3.8, 4) is 5.69 Å². The minimum atomic E-state index is -4.98. The molecule has 0 aliphatic rings. The number of benzene rings is 1. The fourth-order valence-electron chi connectivity index (χ4n) is 1.67. The number of nitro groups is 1. The molecule has 2 aromatic rings. The van der Waals surface area contributed by atoms with Crippen LogP contribution in [0.15, 0.2) is 42.6 Å². The highest BCUT2D eigenvalue weighted by atomic mass is 19.4. The van der Waals surface area contributed by atoms with Crippen LogP contribution in [0, 0.1) is 10.1 Å². The zero-order valence-corrected chi connectivity index (χ0v) is 9.79. The molecular weight excluding hydrogens is 277 g/mol. The van der Waals surface area contributed by atoms with E-state index in [1.54, 1.807) is 0 Å². The number of ketones is 1. The number of alkyl halides is 3. The fraction of sp³-hybridized carbons (Fsp3) is 0.0833. The van der Waals surface area contributed by atoms with Crippen LogP contribution in [0.25, 0.3) is 5.69 Å². The second-order valence-electron chi connectivity index (χ2n) is 3.86. The molecular formula is C12H7F3N2O3. The molecule has 0 atom stereocenters. The average Bonchev–Trinajstić information content (AvgIpc) is 2.85. The van der Waals surface area contributed by atoms with Gasteiger partial charge in [0.25, 0.3) is 11.5 Å². The molecule has 0 radical (unpaired) electrons. The molecule has 5 nitrogen and oxygen atoms in total. The first-order valence-electron chi connectivity index (χ1n) is 5.34. The Balaban J connectivity index is 2.42. The number of carbonyl (C=O) groups excluding carboxylic acids is 1. The summed E-state index contributed by atoms with van der Waals surface area (Å²) in [5, 5.41) is 10.5. The van der Waals surface area contributed by atoms with E-state index in [9.17, 15) is 28.1 Å². The van der Waals surface area contributed by atoms with Crippen molar-refractivity contribution >= 4 is 11.5 Å². The second-order valence-corrected chi connectivity index (χ2v) is 3.86. The van der Waals surface area contributed by atoms with Gasteiger partial charge in [-0.25, -0.2) is 0 Å². The number of hydrogen-bond donors (Lipinski definition) is 0. The summed E-state index contributed by atoms with van der Waals surface area (Å²) in [6, 6.07) is 7.17. The predicted molar refractivity (Wildman–Crippen MR) is 62.8 cm³/mol. The summed E-state index contributed by atoms with van der Waals surface area (Å²) in [4.78, 5) is 21.1. The van der Waals surface area contributed by atoms with Gasteiger partial charge in [0.2, 0.25) is 0 Å². The number of nitro benzene ring substituents is 1. The average molecular weight is 284 g/mol. The van der Waals surface area contributed by atoms with E-state index in [-0.39, 0.29) is 11.4 Å². The highest BCUT2D eigenvalue weighted by Crippen LogP contribution is 2.24. The molecule has 1 aromatic carbocycles. The van der Waals surface area contributed by atoms with Crippen molar-refractivity contribution in [3.63, 3.8) is 0 Å². The molecule has 0 bridgehead atoms. The number of halogens is 3. The normalized spacial score (nSPS) is 11.3. The van der Waals surface area contributed by atoms with Gasteiger partial charge in [-0.15, -0.1) is 0 Å². The van der Waals surface area contributed by atoms with Crippen LogP contribution in [0.5, 0.6) is 0 Å². The lowest BCUT2D eigenvalue weighted by Crippen LogP contribution is -2.25. The van der Waals surface area contributed by atoms with E-state index in [4.69, 9.17) is 0 Å². The minimum absolute atomic E-state index is 0.190. The number of aromatic nitrogens is 1. The Kier molecular flexibility index (Phi) is 3.31. The lowest BCUT2D eigenvalue weighted by molar-refractivity contribution is -0.384. The van der Waals surface area contributed by atoms with E-state index >= 15 is 0 Å². The molecule has 2 rings (SSSR count). The van der Waals surface area contributed by atoms with Gasteiger partial charge >= 0.3 is 6.18 Å². The van der Waals surface area contributed by atoms with Gasteiger partial charge in [-0.1, -0.05) is 0 Å². The standard InChI is InChI=1S/C12H7F3N2O3/c13-12(14,15)11(18)10-2-1-7-16(10)8-3-5-9(6-4-8)17(19)20/h1-7H. The molecule has 0 unspecified atom stereocenters. The number of hydrogen-bond acceptors (Lipinski definition) is 3. The summed E-state index contributed by atoms with van der Waals surface area (Å²) >= 11 is 0. The molecule has 20 heavy (non-hydrogen) atoms. The van der Waals surface area contributed by atoms with Gasteiger partial charge in [-0.3, -0.25) is 14.9 Å². The fourth-order valence-corrected chi connectivity index (χ4v) is 1.67. The highest BCUT2D eigenvalue weighted by Gasteiger charge is 2.40. The third kappa shape index (κ3) is 2.53. The molecule has 0 aliphatic carbocycles. The van der Waals surface area contributed by atoms with Crippen molar-refractivity contribution < 1.29 is 22.9 Å². The van der Waals surface area contributed by atoms with Crippen LogP contribution in [0.2, 0.25) is 0 Å². The van der Waals surface area contributed by atoms with Gasteiger partial charge < -0.3 is 4.57 Å². The number of Topliss-reactive ketones (excluding diaryl/α,β-unsaturated/α-hetero) is 1. The van der Waals surface area contributed by atoms with Crippen LogP contribution >= 0.6 is 0 Å². The molecule has 104 valence electrons. The Morgan fingerprint density at radius 1 is 1.15 bits per heavy atom. The smallest absolute Gasteiger partial charge is 0.314 e. The first-order chi connectivity index (χ1) is 9.30. The number of rotatable bonds is 3. The Bertz CT molecular complexity index is 659. The topological polar surface area (TPSA) is 65.1 Å². The molecule has 0 N–H and O–H groups in total. The Morgan fingerprint density at radius 2 is 1.75 bits per heavy atom. The minimum Gasteiger partial charge on any atom is -0.314 e. The van der Waals surface area contributed by atoms with Crippen molar-refractivity contribution in [2.24, 2.45) is 0 Å². The Hall–Kier alpha value is -2.64. The number of nitrogens with zero attached hydrogens (tertiary/aromatic N) is 2. The van der Waals surface area contributed by atoms with Crippen molar-refractivity contribution in [2.45, 2.75) is 6.18 Å². The summed E-state index contributed by atoms with van der Waals surface area (Å²) in [6.45, 7) is 0. The van der Waals surface area contributed by atoms with E-state index in [2.05, 4.69) is 0 Å². The van der Waals surface area contributed by atoms with E-state index in [1.165, 1.54) is 24.4 Å². The van der Waals surface area contributed by atoms with Crippen LogP contribution in [-0.2, 0) is 0 Å². The monoisotopic (exact) mass is 284 g/mol. The van der Waals surface area contributed by atoms with Gasteiger partial charge in [0, 0.05) is 24.0 Å². The van der Waals surface area contributed by atoms with Crippen LogP contribution in [0.4, 0.5) is 18.9 Å². The number of carbonyl (C=O) groups is 1. The maximum absolute atomic E-state index is 12.4. The van der Waals surface area contributed by atoms with Crippen molar-refractivity contribution in [2.75, 3.05) is 0 Å². The van der Waals surface area contributed by atoms with E-state index < -0.39 is 22.6 Å². The van der Waals surface area contributed by atoms with E-state index in [0.29, 0.717) is 0 Å². The first kappa shape index (κ1) is 13.8. The van der Waals surface area contributed by atoms with Gasteiger partial charge in [0.15, 0.2) is 0 Å². The Morgan fingerprint density at radius 3 is 2.25 bits per heavy atom. The SMILES string of the molecule is O=C(c1cccn1-c1ccc([N+](=O)[O-])cc1)C(F)(F)F. The van der Waals surface area contributed by atoms with Crippen LogP contribution in [0.1, 0.15) is 10.5 Å². The van der Waals surface area contributed by atoms with Crippen molar-refractivity contribution in [1.82, 2.24) is 4.57 Å². The van der Waals surface area contributed by atoms with Crippen molar-refractivity contribution in [1.29, 1.82) is 0 Å². The molecule has 8 heteroatoms. The van der Waals surface area contributed by atoms with Gasteiger partial charge in [0.1, 0.15) is 0 Å². The van der Waals surface area contributed by atoms with Gasteiger partial charge in [-0.2, -0.15) is 13.2 Å². The van der Waals surface area contributed by atoms with E-state index in [0.717, 1.165) is 22.8 Å². The molecule has 0 spiro atoms. The van der Waals surface area contributed by atoms with Gasteiger partial charge in [0.05, 0.1) is 10.6 Å². The molecule has 0 aliphatic heterocycles. The van der Waals surface area contributed by atoms with Crippen LogP contribution in [0.3, 0.4) is 0 Å². The molecule has 0 amide bonds. The third-order valence-electron chi connectivity index (χ3n) is 2.58. The summed E-state index contributed by atoms with van der Waals surface area (Å²) < 4.78 is 38.3. The molecule has 0 saturated heterocycles. The number of non-ortho nitro benzene ring substituents is 1. The Labute approximate surface area is 110 Å². The summed E-state index contributed by atoms with van der Waals surface area (Å²) in [5.41, 5.74) is -0.510. The quantitative estimate of drug-likeness (QED) is 0.494. The molecule has 1 aromatic heterocycles. The highest BCUT2D eigenvalue weighted by molar-refractivity contribution is 5.99. The summed E-state index contributed by atoms with van der Waals surface area (Å²) in [7, 11) is 0. The lowest BCUT2D eigenvalue weighted by atomic mass is 10.2. The van der Waals surface area contributed by atoms with Crippen LogP contribution in [-0.4, -0.2) is 21.4 Å². The van der Waals surface area contributed by atoms with E-state index in [1.807, 2.05) is 0 Å². The van der Waals surface area contributed by atoms with Crippen molar-refractivity contribution in [3.05, 3.63) is 58.4 Å². The predicted octanol–water partition coefficient (Wildman–Crippen LogP) is 3.13. The summed E-state index contributed by atoms with van der Waals surface area (Å²) in [6.07, 6.45) is -3.70. The first-order valence-corrected chi connectivity index (χ1v) is 5.34. The molecule has 0 saturated carbocycles. The summed E-state index contributed by atoms with van der Waals surface area (Å²) in [5.74, 6) is -1.97. The maximum atomic E-state index is 12.4. The zero-order chi connectivity index (χ0) is 14.9. The van der Waals surface area contributed by atoms with Crippen LogP contribution < -0.4 is 0 Å². The maximum Gasteiger partial charge on any atom is 0.456 e. The molecule has 1 heterocycles.